The lowest BCUT2D eigenvalue weighted by atomic mass is 9.73. The van der Waals surface area contributed by atoms with Crippen LogP contribution in [0.15, 0.2) is 18.2 Å². The van der Waals surface area contributed by atoms with Crippen molar-refractivity contribution in [2.45, 2.75) is 24.8 Å². The molecule has 16 heavy (non-hydrogen) atoms. The lowest BCUT2D eigenvalue weighted by molar-refractivity contribution is -0.124. The Labute approximate surface area is 93.2 Å². The van der Waals surface area contributed by atoms with Gasteiger partial charge in [-0.05, 0) is 37.5 Å². The highest BCUT2D eigenvalue weighted by atomic mass is 19.1. The number of nitrogens with one attached hydrogen (secondary N) is 1. The van der Waals surface area contributed by atoms with Gasteiger partial charge in [-0.2, -0.15) is 0 Å². The molecule has 1 aliphatic heterocycles. The van der Waals surface area contributed by atoms with E-state index in [0.717, 1.165) is 24.9 Å². The molecule has 0 aromatic heterocycles. The van der Waals surface area contributed by atoms with Crippen molar-refractivity contribution in [1.82, 2.24) is 0 Å². The fourth-order valence-corrected chi connectivity index (χ4v) is 2.58. The molecular formula is C12H13FN2O. The summed E-state index contributed by atoms with van der Waals surface area (Å²) in [4.78, 5) is 13.9. The third-order valence-corrected chi connectivity index (χ3v) is 3.81. The number of anilines is 2. The smallest absolute Gasteiger partial charge is 0.250 e. The van der Waals surface area contributed by atoms with Crippen molar-refractivity contribution in [3.8, 4) is 0 Å². The van der Waals surface area contributed by atoms with E-state index in [9.17, 15) is 9.18 Å². The van der Waals surface area contributed by atoms with Gasteiger partial charge in [-0.25, -0.2) is 4.39 Å². The molecule has 0 saturated heterocycles. The molecule has 1 heterocycles. The monoisotopic (exact) mass is 220 g/mol. The van der Waals surface area contributed by atoms with E-state index < -0.39 is 5.54 Å². The molecule has 2 aliphatic rings. The van der Waals surface area contributed by atoms with Crippen LogP contribution in [0.4, 0.5) is 15.8 Å². The van der Waals surface area contributed by atoms with Crippen LogP contribution >= 0.6 is 0 Å². The third kappa shape index (κ3) is 1.04. The molecular weight excluding hydrogens is 207 g/mol. The molecule has 0 unspecified atom stereocenters. The maximum Gasteiger partial charge on any atom is 0.250 e. The van der Waals surface area contributed by atoms with Crippen LogP contribution in [0.1, 0.15) is 19.3 Å². The van der Waals surface area contributed by atoms with E-state index in [-0.39, 0.29) is 11.7 Å². The maximum atomic E-state index is 13.2. The number of fused-ring (bicyclic) bond motifs is 1. The average molecular weight is 220 g/mol. The predicted molar refractivity (Wildman–Crippen MR) is 60.0 cm³/mol. The van der Waals surface area contributed by atoms with Gasteiger partial charge in [-0.15, -0.1) is 0 Å². The molecule has 3 nitrogen and oxygen atoms in total. The number of hydrogen-bond acceptors (Lipinski definition) is 2. The van der Waals surface area contributed by atoms with Crippen molar-refractivity contribution >= 4 is 17.3 Å². The van der Waals surface area contributed by atoms with Crippen LogP contribution in [0.25, 0.3) is 0 Å². The van der Waals surface area contributed by atoms with Crippen molar-refractivity contribution in [1.29, 1.82) is 0 Å². The highest BCUT2D eigenvalue weighted by molar-refractivity contribution is 6.07. The Kier molecular flexibility index (Phi) is 1.79. The zero-order valence-corrected chi connectivity index (χ0v) is 9.09. The Morgan fingerprint density at radius 3 is 2.81 bits per heavy atom. The molecule has 1 aliphatic carbocycles. The number of rotatable bonds is 0. The first-order valence-electron chi connectivity index (χ1n) is 5.48. The number of carbonyl (C=O) groups is 1. The first kappa shape index (κ1) is 9.63. The Balaban J connectivity index is 2.11. The van der Waals surface area contributed by atoms with E-state index in [1.165, 1.54) is 12.1 Å². The zero-order valence-electron chi connectivity index (χ0n) is 9.09. The largest absolute Gasteiger partial charge is 0.358 e. The third-order valence-electron chi connectivity index (χ3n) is 3.81. The van der Waals surface area contributed by atoms with Gasteiger partial charge in [0.2, 0.25) is 5.91 Å². The van der Waals surface area contributed by atoms with Gasteiger partial charge in [0.05, 0.1) is 11.4 Å². The molecule has 1 amide bonds. The molecule has 84 valence electrons. The van der Waals surface area contributed by atoms with Crippen LogP contribution in [0.2, 0.25) is 0 Å². The second-order valence-corrected chi connectivity index (χ2v) is 4.56. The van der Waals surface area contributed by atoms with Crippen LogP contribution < -0.4 is 10.2 Å². The van der Waals surface area contributed by atoms with E-state index >= 15 is 0 Å². The summed E-state index contributed by atoms with van der Waals surface area (Å²) in [5.41, 5.74) is 1.05. The fourth-order valence-electron chi connectivity index (χ4n) is 2.58. The van der Waals surface area contributed by atoms with Crippen LogP contribution in [0.5, 0.6) is 0 Å². The van der Waals surface area contributed by atoms with Gasteiger partial charge in [0.1, 0.15) is 11.4 Å². The summed E-state index contributed by atoms with van der Waals surface area (Å²) in [6, 6.07) is 4.46. The quantitative estimate of drug-likeness (QED) is 0.726. The fraction of sp³-hybridized carbons (Fsp3) is 0.417. The molecule has 1 N–H and O–H groups in total. The van der Waals surface area contributed by atoms with Gasteiger partial charge in [-0.1, -0.05) is 0 Å². The Morgan fingerprint density at radius 1 is 1.44 bits per heavy atom. The molecule has 1 saturated carbocycles. The number of hydrogen-bond donors (Lipinski definition) is 1. The second-order valence-electron chi connectivity index (χ2n) is 4.56. The summed E-state index contributed by atoms with van der Waals surface area (Å²) in [7, 11) is 1.87. The molecule has 0 bridgehead atoms. The van der Waals surface area contributed by atoms with Gasteiger partial charge in [0.25, 0.3) is 0 Å². The summed E-state index contributed by atoms with van der Waals surface area (Å²) in [6.07, 6.45) is 2.76. The molecule has 1 aromatic carbocycles. The molecule has 1 spiro atoms. The topological polar surface area (TPSA) is 32.3 Å². The summed E-state index contributed by atoms with van der Waals surface area (Å²) < 4.78 is 13.2. The molecule has 0 radical (unpaired) electrons. The lowest BCUT2D eigenvalue weighted by Gasteiger charge is -2.51. The number of amides is 1. The predicted octanol–water partition coefficient (Wildman–Crippen LogP) is 2.14. The number of halogens is 1. The minimum atomic E-state index is -0.430. The number of nitrogens with zero attached hydrogens (tertiary/aromatic N) is 1. The summed E-state index contributed by atoms with van der Waals surface area (Å²) >= 11 is 0. The van der Waals surface area contributed by atoms with Gasteiger partial charge in [0.15, 0.2) is 0 Å². The SMILES string of the molecule is CN1c2cc(F)ccc2NC(=O)C12CCC2. The molecule has 1 fully saturated rings. The van der Waals surface area contributed by atoms with Crippen molar-refractivity contribution in [2.75, 3.05) is 17.3 Å². The highest BCUT2D eigenvalue weighted by Gasteiger charge is 2.50. The first-order chi connectivity index (χ1) is 7.63. The van der Waals surface area contributed by atoms with E-state index in [1.54, 1.807) is 6.07 Å². The summed E-state index contributed by atoms with van der Waals surface area (Å²) in [6.45, 7) is 0. The van der Waals surface area contributed by atoms with E-state index in [4.69, 9.17) is 0 Å². The lowest BCUT2D eigenvalue weighted by Crippen LogP contribution is -2.62. The van der Waals surface area contributed by atoms with Gasteiger partial charge in [-0.3, -0.25) is 4.79 Å². The minimum Gasteiger partial charge on any atom is -0.358 e. The Bertz CT molecular complexity index is 468. The second kappa shape index (κ2) is 2.97. The maximum absolute atomic E-state index is 13.2. The number of likely N-dealkylation sites (N-methyl/N-ethyl adjacent to an activating group) is 1. The van der Waals surface area contributed by atoms with Gasteiger partial charge >= 0.3 is 0 Å². The molecule has 3 rings (SSSR count). The molecule has 4 heteroatoms. The standard InChI is InChI=1S/C12H13FN2O/c1-15-10-7-8(13)3-4-9(10)14-11(16)12(15)5-2-6-12/h3-4,7H,2,5-6H2,1H3,(H,14,16). The van der Waals surface area contributed by atoms with Crippen molar-refractivity contribution in [3.05, 3.63) is 24.0 Å². The Hall–Kier alpha value is -1.58. The zero-order chi connectivity index (χ0) is 11.3. The van der Waals surface area contributed by atoms with E-state index in [0.29, 0.717) is 5.69 Å². The van der Waals surface area contributed by atoms with Crippen LogP contribution in [-0.2, 0) is 4.79 Å². The van der Waals surface area contributed by atoms with Crippen LogP contribution in [0.3, 0.4) is 0 Å². The normalized spacial score (nSPS) is 21.4. The molecule has 0 atom stereocenters. The van der Waals surface area contributed by atoms with Crippen molar-refractivity contribution in [3.63, 3.8) is 0 Å². The molecule has 1 aromatic rings. The van der Waals surface area contributed by atoms with Crippen LogP contribution in [-0.4, -0.2) is 18.5 Å². The van der Waals surface area contributed by atoms with Gasteiger partial charge < -0.3 is 10.2 Å². The minimum absolute atomic E-state index is 0.0420. The van der Waals surface area contributed by atoms with Crippen LogP contribution in [0, 0.1) is 5.82 Å². The first-order valence-corrected chi connectivity index (χ1v) is 5.48. The summed E-state index contributed by atoms with van der Waals surface area (Å²) in [5.74, 6) is -0.225. The van der Waals surface area contributed by atoms with E-state index in [2.05, 4.69) is 5.32 Å². The highest BCUT2D eigenvalue weighted by Crippen LogP contribution is 2.45. The van der Waals surface area contributed by atoms with Crippen molar-refractivity contribution in [2.24, 2.45) is 0 Å². The van der Waals surface area contributed by atoms with E-state index in [1.807, 2.05) is 11.9 Å². The number of benzene rings is 1. The number of carbonyl (C=O) groups excluding carboxylic acids is 1. The van der Waals surface area contributed by atoms with Crippen molar-refractivity contribution < 1.29 is 9.18 Å². The Morgan fingerprint density at radius 2 is 2.19 bits per heavy atom. The van der Waals surface area contributed by atoms with Gasteiger partial charge in [0, 0.05) is 7.05 Å². The average Bonchev–Trinajstić information content (AvgIpc) is 2.17. The summed E-state index contributed by atoms with van der Waals surface area (Å²) in [5, 5.41) is 2.86.